The van der Waals surface area contributed by atoms with Crippen molar-refractivity contribution in [1.29, 1.82) is 0 Å². The van der Waals surface area contributed by atoms with Crippen LogP contribution in [0.4, 0.5) is 11.8 Å². The van der Waals surface area contributed by atoms with Gasteiger partial charge in [0.2, 0.25) is 5.95 Å². The van der Waals surface area contributed by atoms with Crippen LogP contribution in [-0.2, 0) is 9.47 Å². The van der Waals surface area contributed by atoms with Gasteiger partial charge in [-0.25, -0.2) is 10.4 Å². The first-order valence-electron chi connectivity index (χ1n) is 11.0. The highest BCUT2D eigenvalue weighted by molar-refractivity contribution is 7.20. The molecule has 2 aliphatic heterocycles. The van der Waals surface area contributed by atoms with E-state index < -0.39 is 0 Å². The molecule has 0 bridgehead atoms. The molecular weight excluding hydrogens is 440 g/mol. The summed E-state index contributed by atoms with van der Waals surface area (Å²) in [6, 6.07) is 10.0. The van der Waals surface area contributed by atoms with Crippen LogP contribution >= 0.6 is 11.3 Å². The lowest BCUT2D eigenvalue weighted by Crippen LogP contribution is -2.40. The summed E-state index contributed by atoms with van der Waals surface area (Å²) in [5.74, 6) is 1.22. The first-order chi connectivity index (χ1) is 16.2. The molecule has 0 spiro atoms. The van der Waals surface area contributed by atoms with E-state index in [1.807, 2.05) is 36.1 Å². The van der Waals surface area contributed by atoms with E-state index in [0.29, 0.717) is 50.3 Å². The van der Waals surface area contributed by atoms with Crippen LogP contribution < -0.4 is 10.3 Å². The number of carbonyl (C=O) groups is 1. The van der Waals surface area contributed by atoms with Gasteiger partial charge in [-0.2, -0.15) is 10.1 Å². The number of hydrazone groups is 1. The molecule has 2 aliphatic rings. The van der Waals surface area contributed by atoms with Crippen molar-refractivity contribution < 1.29 is 14.3 Å². The van der Waals surface area contributed by atoms with Crippen molar-refractivity contribution in [3.05, 3.63) is 46.3 Å². The number of hydrogen-bond acceptors (Lipinski definition) is 9. The van der Waals surface area contributed by atoms with Crippen LogP contribution in [0.15, 0.2) is 35.4 Å². The fourth-order valence-corrected chi connectivity index (χ4v) is 4.91. The molecule has 1 N–H and O–H groups in total. The predicted octanol–water partition coefficient (Wildman–Crippen LogP) is 2.75. The number of carbonyl (C=O) groups excluding carboxylic acids is 1. The maximum absolute atomic E-state index is 13.1. The largest absolute Gasteiger partial charge is 0.378 e. The van der Waals surface area contributed by atoms with Gasteiger partial charge < -0.3 is 19.3 Å². The van der Waals surface area contributed by atoms with Gasteiger partial charge in [0.05, 0.1) is 42.9 Å². The van der Waals surface area contributed by atoms with Crippen molar-refractivity contribution in [3.8, 4) is 0 Å². The summed E-state index contributed by atoms with van der Waals surface area (Å²) in [6.07, 6.45) is 1.75. The molecule has 5 rings (SSSR count). The average Bonchev–Trinajstić information content (AvgIpc) is 3.28. The normalized spacial score (nSPS) is 17.1. The highest BCUT2D eigenvalue weighted by atomic mass is 32.1. The Morgan fingerprint density at radius 2 is 1.85 bits per heavy atom. The van der Waals surface area contributed by atoms with Gasteiger partial charge in [0.15, 0.2) is 0 Å². The van der Waals surface area contributed by atoms with Gasteiger partial charge in [-0.1, -0.05) is 29.8 Å². The molecule has 0 atom stereocenters. The van der Waals surface area contributed by atoms with E-state index in [2.05, 4.69) is 26.5 Å². The number of morpholine rings is 2. The molecule has 0 aliphatic carbocycles. The van der Waals surface area contributed by atoms with Crippen LogP contribution in [0.25, 0.3) is 10.2 Å². The Morgan fingerprint density at radius 1 is 1.09 bits per heavy atom. The second-order valence-electron chi connectivity index (χ2n) is 7.99. The van der Waals surface area contributed by atoms with Gasteiger partial charge in [-0.15, -0.1) is 11.3 Å². The minimum atomic E-state index is 0.0150. The molecule has 0 unspecified atom stereocenters. The van der Waals surface area contributed by atoms with Crippen molar-refractivity contribution in [2.75, 3.05) is 62.9 Å². The third kappa shape index (κ3) is 4.97. The lowest BCUT2D eigenvalue weighted by Gasteiger charge is -2.28. The van der Waals surface area contributed by atoms with Crippen molar-refractivity contribution in [2.24, 2.45) is 5.10 Å². The van der Waals surface area contributed by atoms with Gasteiger partial charge >= 0.3 is 0 Å². The van der Waals surface area contributed by atoms with E-state index in [4.69, 9.17) is 14.5 Å². The summed E-state index contributed by atoms with van der Waals surface area (Å²) >= 11 is 1.39. The summed E-state index contributed by atoms with van der Waals surface area (Å²) < 4.78 is 10.9. The molecule has 9 nitrogen and oxygen atoms in total. The van der Waals surface area contributed by atoms with E-state index in [9.17, 15) is 4.79 Å². The van der Waals surface area contributed by atoms with E-state index in [1.165, 1.54) is 16.9 Å². The van der Waals surface area contributed by atoms with E-state index >= 15 is 0 Å². The standard InChI is InChI=1S/C23H26N6O3S/c1-16-3-2-4-17(13-16)15-24-27-23-25-20(28-5-9-31-10-6-28)18-14-19(33-21(18)26-23)22(30)29-7-11-32-12-8-29/h2-4,13-15H,5-12H2,1H3,(H,25,26,27)/b24-15+. The second kappa shape index (κ2) is 9.82. The van der Waals surface area contributed by atoms with Crippen LogP contribution in [0.2, 0.25) is 0 Å². The molecule has 1 amide bonds. The molecule has 3 aromatic rings. The third-order valence-corrected chi connectivity index (χ3v) is 6.63. The molecule has 2 saturated heterocycles. The summed E-state index contributed by atoms with van der Waals surface area (Å²) in [7, 11) is 0. The number of nitrogens with one attached hydrogen (secondary N) is 1. The van der Waals surface area contributed by atoms with Crippen LogP contribution in [-0.4, -0.2) is 79.6 Å². The van der Waals surface area contributed by atoms with Crippen LogP contribution in [0.1, 0.15) is 20.8 Å². The number of benzene rings is 1. The van der Waals surface area contributed by atoms with E-state index in [0.717, 1.165) is 34.7 Å². The van der Waals surface area contributed by atoms with Gasteiger partial charge in [-0.3, -0.25) is 4.79 Å². The Hall–Kier alpha value is -3.08. The Labute approximate surface area is 196 Å². The number of rotatable bonds is 5. The number of fused-ring (bicyclic) bond motifs is 1. The summed E-state index contributed by atoms with van der Waals surface area (Å²) in [5.41, 5.74) is 5.13. The van der Waals surface area contributed by atoms with Crippen molar-refractivity contribution in [2.45, 2.75) is 6.92 Å². The fraction of sp³-hybridized carbons (Fsp3) is 0.391. The zero-order valence-electron chi connectivity index (χ0n) is 18.5. The molecular formula is C23H26N6O3S. The minimum absolute atomic E-state index is 0.0150. The lowest BCUT2D eigenvalue weighted by molar-refractivity contribution is 0.0306. The average molecular weight is 467 g/mol. The monoisotopic (exact) mass is 466 g/mol. The smallest absolute Gasteiger partial charge is 0.264 e. The first-order valence-corrected chi connectivity index (χ1v) is 11.9. The van der Waals surface area contributed by atoms with Crippen LogP contribution in [0.3, 0.4) is 0 Å². The maximum Gasteiger partial charge on any atom is 0.264 e. The molecule has 172 valence electrons. The molecule has 0 radical (unpaired) electrons. The van der Waals surface area contributed by atoms with E-state index in [-0.39, 0.29) is 5.91 Å². The number of ether oxygens (including phenoxy) is 2. The summed E-state index contributed by atoms with van der Waals surface area (Å²) in [5, 5.41) is 5.21. The molecule has 2 aromatic heterocycles. The molecule has 33 heavy (non-hydrogen) atoms. The zero-order valence-corrected chi connectivity index (χ0v) is 19.3. The second-order valence-corrected chi connectivity index (χ2v) is 9.02. The van der Waals surface area contributed by atoms with Crippen molar-refractivity contribution >= 4 is 45.4 Å². The van der Waals surface area contributed by atoms with Crippen LogP contribution in [0.5, 0.6) is 0 Å². The SMILES string of the molecule is Cc1cccc(/C=N/Nc2nc(N3CCOCC3)c3cc(C(=O)N4CCOCC4)sc3n2)c1. The number of aryl methyl sites for hydroxylation is 1. The minimum Gasteiger partial charge on any atom is -0.378 e. The van der Waals surface area contributed by atoms with Crippen molar-refractivity contribution in [3.63, 3.8) is 0 Å². The summed E-state index contributed by atoms with van der Waals surface area (Å²) in [4.78, 5) is 27.9. The fourth-order valence-electron chi connectivity index (χ4n) is 3.92. The first kappa shape index (κ1) is 21.7. The lowest BCUT2D eigenvalue weighted by atomic mass is 10.2. The summed E-state index contributed by atoms with van der Waals surface area (Å²) in [6.45, 7) is 7.16. The number of hydrogen-bond donors (Lipinski definition) is 1. The number of anilines is 2. The number of thiophene rings is 1. The number of amides is 1. The molecule has 1 aromatic carbocycles. The Kier molecular flexibility index (Phi) is 6.47. The topological polar surface area (TPSA) is 92.2 Å². The third-order valence-electron chi connectivity index (χ3n) is 5.61. The quantitative estimate of drug-likeness (QED) is 0.457. The van der Waals surface area contributed by atoms with E-state index in [1.54, 1.807) is 6.21 Å². The predicted molar refractivity (Wildman–Crippen MR) is 130 cm³/mol. The molecule has 4 heterocycles. The maximum atomic E-state index is 13.1. The highest BCUT2D eigenvalue weighted by Gasteiger charge is 2.24. The Morgan fingerprint density at radius 3 is 2.61 bits per heavy atom. The van der Waals surface area contributed by atoms with Gasteiger partial charge in [0.1, 0.15) is 10.6 Å². The van der Waals surface area contributed by atoms with Crippen molar-refractivity contribution in [1.82, 2.24) is 14.9 Å². The highest BCUT2D eigenvalue weighted by Crippen LogP contribution is 2.33. The molecule has 10 heteroatoms. The van der Waals surface area contributed by atoms with Gasteiger partial charge in [-0.05, 0) is 18.6 Å². The number of nitrogens with zero attached hydrogens (tertiary/aromatic N) is 5. The van der Waals surface area contributed by atoms with Crippen LogP contribution in [0, 0.1) is 6.92 Å². The molecule has 2 fully saturated rings. The number of aromatic nitrogens is 2. The van der Waals surface area contributed by atoms with Gasteiger partial charge in [0, 0.05) is 26.2 Å². The Bertz CT molecular complexity index is 1170. The Balaban J connectivity index is 1.45. The van der Waals surface area contributed by atoms with Gasteiger partial charge in [0.25, 0.3) is 5.91 Å². The molecule has 0 saturated carbocycles. The zero-order chi connectivity index (χ0) is 22.6.